The first-order valence-corrected chi connectivity index (χ1v) is 4.44. The lowest BCUT2D eigenvalue weighted by Crippen LogP contribution is -2.11. The van der Waals surface area contributed by atoms with Crippen LogP contribution in [0.4, 0.5) is 13.2 Å². The maximum absolute atomic E-state index is 12.5. The number of hydrogen-bond acceptors (Lipinski definition) is 1. The first kappa shape index (κ1) is 11.3. The van der Waals surface area contributed by atoms with E-state index < -0.39 is 11.7 Å². The average Bonchev–Trinajstić information content (AvgIpc) is 2.01. The zero-order valence-corrected chi connectivity index (χ0v) is 8.45. The second-order valence-electron chi connectivity index (χ2n) is 3.22. The first-order chi connectivity index (χ1) is 6.32. The van der Waals surface area contributed by atoms with E-state index in [4.69, 9.17) is 11.6 Å². The molecular weight excluding hydrogens is 215 g/mol. The van der Waals surface area contributed by atoms with Crippen molar-refractivity contribution in [3.63, 3.8) is 0 Å². The van der Waals surface area contributed by atoms with Gasteiger partial charge in [-0.05, 0) is 18.1 Å². The Hall–Kier alpha value is -0.770. The number of halogens is 4. The van der Waals surface area contributed by atoms with E-state index in [0.717, 1.165) is 12.1 Å². The molecule has 0 saturated heterocycles. The fourth-order valence-electron chi connectivity index (χ4n) is 1.13. The molecule has 0 N–H and O–H groups in total. The Balaban J connectivity index is 3.29. The molecule has 0 aliphatic heterocycles. The summed E-state index contributed by atoms with van der Waals surface area (Å²) in [7, 11) is 0. The summed E-state index contributed by atoms with van der Waals surface area (Å²) in [6, 6.07) is 2.11. The van der Waals surface area contributed by atoms with Crippen LogP contribution < -0.4 is 0 Å². The summed E-state index contributed by atoms with van der Waals surface area (Å²) in [6.07, 6.45) is -4.36. The SMILES string of the molecule is CC(C)c1nc(Cl)ccc1C(F)(F)F. The normalized spacial score (nSPS) is 12.2. The van der Waals surface area contributed by atoms with Crippen molar-refractivity contribution in [1.82, 2.24) is 4.98 Å². The van der Waals surface area contributed by atoms with Crippen LogP contribution in [0.1, 0.15) is 31.0 Å². The van der Waals surface area contributed by atoms with Crippen LogP contribution in [0.25, 0.3) is 0 Å². The number of aromatic nitrogens is 1. The van der Waals surface area contributed by atoms with Gasteiger partial charge in [0.1, 0.15) is 5.15 Å². The predicted octanol–water partition coefficient (Wildman–Crippen LogP) is 3.88. The number of nitrogens with zero attached hydrogens (tertiary/aromatic N) is 1. The third kappa shape index (κ3) is 2.38. The standard InChI is InChI=1S/C9H9ClF3N/c1-5(2)8-6(9(11,12)13)3-4-7(10)14-8/h3-5H,1-2H3. The molecule has 0 bridgehead atoms. The summed E-state index contributed by atoms with van der Waals surface area (Å²) in [5, 5.41) is 0.0849. The molecule has 0 atom stereocenters. The van der Waals surface area contributed by atoms with Crippen LogP contribution in [0, 0.1) is 0 Å². The van der Waals surface area contributed by atoms with Gasteiger partial charge in [-0.25, -0.2) is 4.98 Å². The molecule has 0 radical (unpaired) electrons. The molecule has 0 saturated carbocycles. The highest BCUT2D eigenvalue weighted by molar-refractivity contribution is 6.29. The van der Waals surface area contributed by atoms with Gasteiger partial charge >= 0.3 is 6.18 Å². The topological polar surface area (TPSA) is 12.9 Å². The van der Waals surface area contributed by atoms with Crippen LogP contribution >= 0.6 is 11.6 Å². The zero-order chi connectivity index (χ0) is 10.9. The molecule has 0 fully saturated rings. The summed E-state index contributed by atoms with van der Waals surface area (Å²) >= 11 is 5.53. The van der Waals surface area contributed by atoms with Crippen LogP contribution in [-0.4, -0.2) is 4.98 Å². The van der Waals surface area contributed by atoms with Crippen molar-refractivity contribution in [3.05, 3.63) is 28.5 Å². The summed E-state index contributed by atoms with van der Waals surface area (Å²) in [6.45, 7) is 3.29. The summed E-state index contributed by atoms with van der Waals surface area (Å²) in [4.78, 5) is 3.68. The van der Waals surface area contributed by atoms with Gasteiger partial charge in [0.05, 0.1) is 11.3 Å². The minimum atomic E-state index is -4.36. The molecule has 1 rings (SSSR count). The van der Waals surface area contributed by atoms with Gasteiger partial charge in [0, 0.05) is 0 Å². The van der Waals surface area contributed by atoms with Gasteiger partial charge in [0.15, 0.2) is 0 Å². The minimum absolute atomic E-state index is 0.00926. The Morgan fingerprint density at radius 1 is 1.29 bits per heavy atom. The maximum atomic E-state index is 12.5. The van der Waals surface area contributed by atoms with Crippen LogP contribution in [0.3, 0.4) is 0 Å². The average molecular weight is 224 g/mol. The summed E-state index contributed by atoms with van der Waals surface area (Å²) in [5.41, 5.74) is -0.720. The van der Waals surface area contributed by atoms with Gasteiger partial charge in [-0.3, -0.25) is 0 Å². The fourth-order valence-corrected chi connectivity index (χ4v) is 1.28. The summed E-state index contributed by atoms with van der Waals surface area (Å²) < 4.78 is 37.4. The van der Waals surface area contributed by atoms with Gasteiger partial charge in [-0.2, -0.15) is 13.2 Å². The molecule has 0 amide bonds. The number of rotatable bonds is 1. The largest absolute Gasteiger partial charge is 0.418 e. The van der Waals surface area contributed by atoms with Crippen molar-refractivity contribution in [2.75, 3.05) is 0 Å². The molecular formula is C9H9ClF3N. The lowest BCUT2D eigenvalue weighted by molar-refractivity contribution is -0.138. The lowest BCUT2D eigenvalue weighted by atomic mass is 10.0. The predicted molar refractivity (Wildman–Crippen MR) is 48.3 cm³/mol. The second kappa shape index (κ2) is 3.77. The molecule has 1 aromatic rings. The first-order valence-electron chi connectivity index (χ1n) is 4.06. The molecule has 5 heteroatoms. The van der Waals surface area contributed by atoms with Crippen molar-refractivity contribution in [2.45, 2.75) is 25.9 Å². The highest BCUT2D eigenvalue weighted by Crippen LogP contribution is 2.34. The minimum Gasteiger partial charge on any atom is -0.240 e. The molecule has 1 aromatic heterocycles. The molecule has 1 nitrogen and oxygen atoms in total. The van der Waals surface area contributed by atoms with Crippen molar-refractivity contribution in [2.24, 2.45) is 0 Å². The van der Waals surface area contributed by atoms with E-state index in [1.54, 1.807) is 13.8 Å². The quantitative estimate of drug-likeness (QED) is 0.659. The van der Waals surface area contributed by atoms with Gasteiger partial charge in [-0.1, -0.05) is 25.4 Å². The molecule has 78 valence electrons. The van der Waals surface area contributed by atoms with Gasteiger partial charge in [0.2, 0.25) is 0 Å². The number of pyridine rings is 1. The highest BCUT2D eigenvalue weighted by Gasteiger charge is 2.34. The van der Waals surface area contributed by atoms with E-state index in [2.05, 4.69) is 4.98 Å². The van der Waals surface area contributed by atoms with Gasteiger partial charge < -0.3 is 0 Å². The third-order valence-corrected chi connectivity index (χ3v) is 1.95. The van der Waals surface area contributed by atoms with E-state index >= 15 is 0 Å². The van der Waals surface area contributed by atoms with Gasteiger partial charge in [-0.15, -0.1) is 0 Å². The highest BCUT2D eigenvalue weighted by atomic mass is 35.5. The van der Waals surface area contributed by atoms with Crippen molar-refractivity contribution in [3.8, 4) is 0 Å². The zero-order valence-electron chi connectivity index (χ0n) is 7.69. The molecule has 0 aromatic carbocycles. The van der Waals surface area contributed by atoms with E-state index in [1.165, 1.54) is 0 Å². The molecule has 0 aliphatic rings. The van der Waals surface area contributed by atoms with Crippen LogP contribution in [-0.2, 0) is 6.18 Å². The van der Waals surface area contributed by atoms with Crippen LogP contribution in [0.15, 0.2) is 12.1 Å². The molecule has 1 heterocycles. The molecule has 0 unspecified atom stereocenters. The summed E-state index contributed by atoms with van der Waals surface area (Å²) in [5.74, 6) is -0.301. The van der Waals surface area contributed by atoms with Crippen molar-refractivity contribution < 1.29 is 13.2 Å². The third-order valence-electron chi connectivity index (χ3n) is 1.74. The molecule has 14 heavy (non-hydrogen) atoms. The monoisotopic (exact) mass is 223 g/mol. The molecule has 0 spiro atoms. The number of alkyl halides is 3. The van der Waals surface area contributed by atoms with E-state index in [1.807, 2.05) is 0 Å². The lowest BCUT2D eigenvalue weighted by Gasteiger charge is -2.14. The van der Waals surface area contributed by atoms with Crippen LogP contribution in [0.2, 0.25) is 5.15 Å². The Morgan fingerprint density at radius 2 is 1.86 bits per heavy atom. The van der Waals surface area contributed by atoms with E-state index in [9.17, 15) is 13.2 Å². The Morgan fingerprint density at radius 3 is 2.29 bits per heavy atom. The maximum Gasteiger partial charge on any atom is 0.418 e. The van der Waals surface area contributed by atoms with Crippen LogP contribution in [0.5, 0.6) is 0 Å². The van der Waals surface area contributed by atoms with E-state index in [0.29, 0.717) is 0 Å². The van der Waals surface area contributed by atoms with Crippen molar-refractivity contribution in [1.29, 1.82) is 0 Å². The van der Waals surface area contributed by atoms with E-state index in [-0.39, 0.29) is 16.8 Å². The Labute approximate surface area is 84.9 Å². The Bertz CT molecular complexity index is 333. The smallest absolute Gasteiger partial charge is 0.240 e. The Kier molecular flexibility index (Phi) is 3.04. The van der Waals surface area contributed by atoms with Gasteiger partial charge in [0.25, 0.3) is 0 Å². The fraction of sp³-hybridized carbons (Fsp3) is 0.444. The second-order valence-corrected chi connectivity index (χ2v) is 3.61. The van der Waals surface area contributed by atoms with Crippen molar-refractivity contribution >= 4 is 11.6 Å². The number of hydrogen-bond donors (Lipinski definition) is 0. The molecule has 0 aliphatic carbocycles.